The number of ether oxygens (including phenoxy) is 2. The van der Waals surface area contributed by atoms with Crippen LogP contribution in [0.25, 0.3) is 10.9 Å². The lowest BCUT2D eigenvalue weighted by atomic mass is 10.2. The summed E-state index contributed by atoms with van der Waals surface area (Å²) in [7, 11) is -4.57. The van der Waals surface area contributed by atoms with E-state index in [0.29, 0.717) is 22.4 Å². The summed E-state index contributed by atoms with van der Waals surface area (Å²) in [6.07, 6.45) is -2.83. The first-order valence-electron chi connectivity index (χ1n) is 12.8. The summed E-state index contributed by atoms with van der Waals surface area (Å²) in [6.45, 7) is -0.117. The van der Waals surface area contributed by atoms with Crippen LogP contribution < -0.4 is 19.7 Å². The molecule has 2 aliphatic heterocycles. The number of halogens is 5. The van der Waals surface area contributed by atoms with Gasteiger partial charge in [-0.25, -0.2) is 27.2 Å². The molecule has 1 atom stereocenters. The third-order valence-electron chi connectivity index (χ3n) is 6.82. The van der Waals surface area contributed by atoms with E-state index in [9.17, 15) is 35.2 Å². The second-order valence-electron chi connectivity index (χ2n) is 9.64. The molecule has 5 heterocycles. The second-order valence-corrected chi connectivity index (χ2v) is 11.7. The fourth-order valence-corrected chi connectivity index (χ4v) is 6.03. The molecule has 0 unspecified atom stereocenters. The van der Waals surface area contributed by atoms with Gasteiger partial charge in [-0.15, -0.1) is 0 Å². The van der Waals surface area contributed by atoms with Gasteiger partial charge in [-0.1, -0.05) is 0 Å². The number of sulfone groups is 1. The maximum Gasteiger partial charge on any atom is 0.418 e. The molecule has 0 spiro atoms. The summed E-state index contributed by atoms with van der Waals surface area (Å²) in [5.41, 5.74) is -2.80. The maximum atomic E-state index is 14.7. The Bertz CT molecular complexity index is 1870. The number of carbonyl (C=O) groups is 1. The zero-order valence-corrected chi connectivity index (χ0v) is 22.7. The Balaban J connectivity index is 1.23. The van der Waals surface area contributed by atoms with Crippen LogP contribution in [0.1, 0.15) is 28.0 Å². The van der Waals surface area contributed by atoms with Gasteiger partial charge in [0.15, 0.2) is 23.1 Å². The van der Waals surface area contributed by atoms with Crippen molar-refractivity contribution in [3.05, 3.63) is 71.4 Å². The smallest absolute Gasteiger partial charge is 0.418 e. The summed E-state index contributed by atoms with van der Waals surface area (Å²) >= 11 is 0. The lowest BCUT2D eigenvalue weighted by Crippen LogP contribution is -2.30. The summed E-state index contributed by atoms with van der Waals surface area (Å²) in [5.74, 6) is -2.05. The molecule has 0 fully saturated rings. The van der Waals surface area contributed by atoms with Crippen LogP contribution in [-0.4, -0.2) is 54.5 Å². The number of anilines is 2. The maximum absolute atomic E-state index is 14.7. The summed E-state index contributed by atoms with van der Waals surface area (Å²) in [5, 5.41) is 3.15. The van der Waals surface area contributed by atoms with Crippen LogP contribution in [0.2, 0.25) is 0 Å². The van der Waals surface area contributed by atoms with Crippen molar-refractivity contribution in [2.75, 3.05) is 24.7 Å². The number of hydrogen-bond acceptors (Lipinski definition) is 9. The van der Waals surface area contributed by atoms with Crippen molar-refractivity contribution in [2.45, 2.75) is 29.5 Å². The normalized spacial score (nSPS) is 17.7. The standard InChI is InChI=1S/C27H20F5N5O5S/c28-18-7-15(8-21-24(18)42-5-3-22(29)43(21,39)40)26(38)35-13-17-10-19-14(11-33-17)1-2-23(36-19)37-4-6-41-20-9-16(27(30,31)32)12-34-25(20)37/h1-2,7-12,22H,3-6,13H2,(H,35,38)/t22-/m1/s1. The molecule has 224 valence electrons. The molecule has 0 saturated heterocycles. The predicted octanol–water partition coefficient (Wildman–Crippen LogP) is 4.50. The van der Waals surface area contributed by atoms with Gasteiger partial charge in [-0.2, -0.15) is 13.2 Å². The van der Waals surface area contributed by atoms with Crippen molar-refractivity contribution in [1.82, 2.24) is 20.3 Å². The average molecular weight is 622 g/mol. The summed E-state index contributed by atoms with van der Waals surface area (Å²) in [4.78, 5) is 26.5. The number of rotatable bonds is 4. The van der Waals surface area contributed by atoms with Crippen molar-refractivity contribution < 1.29 is 44.6 Å². The minimum absolute atomic E-state index is 0.0308. The highest BCUT2D eigenvalue weighted by molar-refractivity contribution is 7.92. The predicted molar refractivity (Wildman–Crippen MR) is 141 cm³/mol. The first-order valence-corrected chi connectivity index (χ1v) is 14.3. The minimum atomic E-state index is -4.58. The number of pyridine rings is 3. The largest absolute Gasteiger partial charge is 0.489 e. The van der Waals surface area contributed by atoms with E-state index in [1.54, 1.807) is 23.1 Å². The Morgan fingerprint density at radius 1 is 1.07 bits per heavy atom. The Morgan fingerprint density at radius 3 is 2.67 bits per heavy atom. The Kier molecular flexibility index (Phi) is 7.02. The number of nitrogens with zero attached hydrogens (tertiary/aromatic N) is 4. The van der Waals surface area contributed by atoms with Gasteiger partial charge in [-0.05, 0) is 36.4 Å². The van der Waals surface area contributed by atoms with E-state index in [4.69, 9.17) is 9.47 Å². The van der Waals surface area contributed by atoms with E-state index in [1.807, 2.05) is 0 Å². The summed E-state index contributed by atoms with van der Waals surface area (Å²) < 4.78 is 104. The van der Waals surface area contributed by atoms with E-state index >= 15 is 0 Å². The van der Waals surface area contributed by atoms with Crippen LogP contribution in [0.5, 0.6) is 11.5 Å². The van der Waals surface area contributed by atoms with E-state index in [-0.39, 0.29) is 43.4 Å². The number of fused-ring (bicyclic) bond motifs is 3. The number of nitrogens with one attached hydrogen (secondary N) is 1. The third-order valence-corrected chi connectivity index (χ3v) is 8.64. The van der Waals surface area contributed by atoms with Gasteiger partial charge in [0, 0.05) is 29.8 Å². The average Bonchev–Trinajstić information content (AvgIpc) is 3.09. The lowest BCUT2D eigenvalue weighted by molar-refractivity contribution is -0.137. The molecule has 0 saturated carbocycles. The molecule has 16 heteroatoms. The molecule has 1 N–H and O–H groups in total. The molecule has 0 aliphatic carbocycles. The number of aromatic nitrogens is 3. The quantitative estimate of drug-likeness (QED) is 0.328. The number of amides is 1. The fraction of sp³-hybridized carbons (Fsp3) is 0.259. The molecular formula is C27H20F5N5O5S. The van der Waals surface area contributed by atoms with Gasteiger partial charge < -0.3 is 19.7 Å². The Hall–Kier alpha value is -4.60. The van der Waals surface area contributed by atoms with Gasteiger partial charge in [0.05, 0.1) is 36.5 Å². The molecule has 2 aliphatic rings. The number of benzene rings is 1. The van der Waals surface area contributed by atoms with E-state index in [1.165, 1.54) is 6.20 Å². The van der Waals surface area contributed by atoms with Gasteiger partial charge in [-0.3, -0.25) is 9.78 Å². The van der Waals surface area contributed by atoms with Gasteiger partial charge >= 0.3 is 6.18 Å². The van der Waals surface area contributed by atoms with Gasteiger partial charge in [0.25, 0.3) is 5.91 Å². The van der Waals surface area contributed by atoms with E-state index < -0.39 is 55.9 Å². The van der Waals surface area contributed by atoms with Gasteiger partial charge in [0.2, 0.25) is 15.3 Å². The van der Waals surface area contributed by atoms with Crippen LogP contribution in [0, 0.1) is 5.82 Å². The first kappa shape index (κ1) is 28.5. The molecule has 10 nitrogen and oxygen atoms in total. The zero-order chi connectivity index (χ0) is 30.5. The molecular weight excluding hydrogens is 601 g/mol. The second kappa shape index (κ2) is 10.6. The van der Waals surface area contributed by atoms with Crippen molar-refractivity contribution in [3.8, 4) is 11.5 Å². The number of hydrogen-bond donors (Lipinski definition) is 1. The van der Waals surface area contributed by atoms with Crippen LogP contribution in [0.3, 0.4) is 0 Å². The van der Waals surface area contributed by atoms with Crippen LogP contribution >= 0.6 is 0 Å². The minimum Gasteiger partial charge on any atom is -0.489 e. The van der Waals surface area contributed by atoms with Crippen molar-refractivity contribution >= 4 is 38.3 Å². The zero-order valence-electron chi connectivity index (χ0n) is 21.9. The molecule has 0 bridgehead atoms. The third kappa shape index (κ3) is 5.37. The number of carbonyl (C=O) groups excluding carboxylic acids is 1. The molecule has 0 radical (unpaired) electrons. The highest BCUT2D eigenvalue weighted by atomic mass is 32.2. The fourth-order valence-electron chi connectivity index (χ4n) is 4.64. The van der Waals surface area contributed by atoms with Crippen LogP contribution in [0.4, 0.5) is 33.6 Å². The molecule has 3 aromatic heterocycles. The van der Waals surface area contributed by atoms with E-state index in [0.717, 1.165) is 24.4 Å². The lowest BCUT2D eigenvalue weighted by Gasteiger charge is -2.29. The molecule has 6 rings (SSSR count). The monoisotopic (exact) mass is 621 g/mol. The van der Waals surface area contributed by atoms with Crippen molar-refractivity contribution in [3.63, 3.8) is 0 Å². The molecule has 1 amide bonds. The van der Waals surface area contributed by atoms with Crippen molar-refractivity contribution in [2.24, 2.45) is 0 Å². The van der Waals surface area contributed by atoms with Crippen LogP contribution in [-0.2, 0) is 22.6 Å². The summed E-state index contributed by atoms with van der Waals surface area (Å²) in [6, 6.07) is 7.50. The Labute approximate surface area is 240 Å². The molecule has 1 aromatic carbocycles. The highest BCUT2D eigenvalue weighted by Gasteiger charge is 2.36. The van der Waals surface area contributed by atoms with Gasteiger partial charge in [0.1, 0.15) is 17.3 Å². The molecule has 4 aromatic rings. The van der Waals surface area contributed by atoms with Crippen LogP contribution in [0.15, 0.2) is 53.7 Å². The topological polar surface area (TPSA) is 124 Å². The Morgan fingerprint density at radius 2 is 1.88 bits per heavy atom. The first-order chi connectivity index (χ1) is 20.4. The molecule has 43 heavy (non-hydrogen) atoms. The number of alkyl halides is 4. The van der Waals surface area contributed by atoms with E-state index in [2.05, 4.69) is 20.3 Å². The highest BCUT2D eigenvalue weighted by Crippen LogP contribution is 2.39. The SMILES string of the molecule is O=C(NCc1cc2nc(N3CCOc4cc(C(F)(F)F)cnc43)ccc2cn1)c1cc(F)c2c(c1)S(=O)(=O)[C@@H](F)CCO2. The van der Waals surface area contributed by atoms with Crippen molar-refractivity contribution in [1.29, 1.82) is 0 Å².